The van der Waals surface area contributed by atoms with Crippen molar-refractivity contribution in [1.29, 1.82) is 0 Å². The Labute approximate surface area is 145 Å². The molecule has 5 nitrogen and oxygen atoms in total. The molecule has 1 heterocycles. The molecule has 0 unspecified atom stereocenters. The van der Waals surface area contributed by atoms with Crippen molar-refractivity contribution in [2.24, 2.45) is 5.10 Å². The Morgan fingerprint density at radius 1 is 1.32 bits per heavy atom. The largest absolute Gasteiger partial charge is 0.379 e. The fraction of sp³-hybridized carbons (Fsp3) is 0.429. The SMILES string of the molecule is S=C(NCCN1CCOCC1)N/N=C/c1c(Cl)cccc1Cl. The average molecular weight is 361 g/mol. The predicted molar refractivity (Wildman–Crippen MR) is 95.1 cm³/mol. The summed E-state index contributed by atoms with van der Waals surface area (Å²) in [6.45, 7) is 5.20. The van der Waals surface area contributed by atoms with Crippen LogP contribution in [0.2, 0.25) is 10.0 Å². The van der Waals surface area contributed by atoms with Gasteiger partial charge in [-0.2, -0.15) is 5.10 Å². The minimum absolute atomic E-state index is 0.465. The van der Waals surface area contributed by atoms with E-state index in [2.05, 4.69) is 20.7 Å². The van der Waals surface area contributed by atoms with Gasteiger partial charge in [-0.15, -0.1) is 0 Å². The minimum atomic E-state index is 0.465. The molecule has 1 aromatic carbocycles. The number of morpholine rings is 1. The van der Waals surface area contributed by atoms with Gasteiger partial charge < -0.3 is 10.1 Å². The third-order valence-corrected chi connectivity index (χ3v) is 4.07. The lowest BCUT2D eigenvalue weighted by atomic mass is 10.2. The number of nitrogens with one attached hydrogen (secondary N) is 2. The summed E-state index contributed by atoms with van der Waals surface area (Å²) < 4.78 is 5.30. The van der Waals surface area contributed by atoms with Crippen LogP contribution >= 0.6 is 35.4 Å². The molecule has 0 atom stereocenters. The van der Waals surface area contributed by atoms with Crippen LogP contribution in [0.4, 0.5) is 0 Å². The maximum absolute atomic E-state index is 6.05. The van der Waals surface area contributed by atoms with Gasteiger partial charge in [-0.25, -0.2) is 0 Å². The van der Waals surface area contributed by atoms with Crippen LogP contribution in [-0.4, -0.2) is 55.6 Å². The molecule has 0 saturated carbocycles. The van der Waals surface area contributed by atoms with Crippen LogP contribution in [-0.2, 0) is 4.74 Å². The van der Waals surface area contributed by atoms with E-state index in [1.54, 1.807) is 24.4 Å². The van der Waals surface area contributed by atoms with Crippen LogP contribution in [0.15, 0.2) is 23.3 Å². The van der Waals surface area contributed by atoms with E-state index in [1.807, 2.05) is 0 Å². The molecule has 0 aromatic heterocycles. The second-order valence-electron chi connectivity index (χ2n) is 4.72. The maximum Gasteiger partial charge on any atom is 0.187 e. The topological polar surface area (TPSA) is 48.9 Å². The fourth-order valence-corrected chi connectivity index (χ4v) is 2.63. The van der Waals surface area contributed by atoms with E-state index in [-0.39, 0.29) is 0 Å². The summed E-state index contributed by atoms with van der Waals surface area (Å²) in [5.74, 6) is 0. The molecule has 1 aliphatic rings. The lowest BCUT2D eigenvalue weighted by molar-refractivity contribution is 0.0389. The summed E-state index contributed by atoms with van der Waals surface area (Å²) in [7, 11) is 0. The Morgan fingerprint density at radius 2 is 2.00 bits per heavy atom. The molecule has 0 spiro atoms. The van der Waals surface area contributed by atoms with Gasteiger partial charge in [-0.05, 0) is 24.4 Å². The number of rotatable bonds is 5. The molecular formula is C14H18Cl2N4OS. The van der Waals surface area contributed by atoms with Crippen molar-refractivity contribution in [2.45, 2.75) is 0 Å². The Kier molecular flexibility index (Phi) is 7.35. The third kappa shape index (κ3) is 5.70. The summed E-state index contributed by atoms with van der Waals surface area (Å²) in [6, 6.07) is 5.30. The zero-order valence-corrected chi connectivity index (χ0v) is 14.3. The highest BCUT2D eigenvalue weighted by Gasteiger charge is 2.09. The fourth-order valence-electron chi connectivity index (χ4n) is 1.98. The lowest BCUT2D eigenvalue weighted by Crippen LogP contribution is -2.42. The Hall–Kier alpha value is -0.920. The van der Waals surface area contributed by atoms with E-state index >= 15 is 0 Å². The number of ether oxygens (including phenoxy) is 1. The highest BCUT2D eigenvalue weighted by atomic mass is 35.5. The van der Waals surface area contributed by atoms with E-state index in [1.165, 1.54) is 0 Å². The summed E-state index contributed by atoms with van der Waals surface area (Å²) in [5.41, 5.74) is 3.41. The molecule has 0 radical (unpaired) electrons. The van der Waals surface area contributed by atoms with Crippen molar-refractivity contribution in [3.8, 4) is 0 Å². The van der Waals surface area contributed by atoms with Gasteiger partial charge >= 0.3 is 0 Å². The molecule has 8 heteroatoms. The maximum atomic E-state index is 6.05. The number of nitrogens with zero attached hydrogens (tertiary/aromatic N) is 2. The van der Waals surface area contributed by atoms with Crippen molar-refractivity contribution >= 4 is 46.7 Å². The van der Waals surface area contributed by atoms with Crippen LogP contribution in [0.3, 0.4) is 0 Å². The number of hydrogen-bond acceptors (Lipinski definition) is 4. The highest BCUT2D eigenvalue weighted by Crippen LogP contribution is 2.21. The minimum Gasteiger partial charge on any atom is -0.379 e. The second-order valence-corrected chi connectivity index (χ2v) is 5.94. The van der Waals surface area contributed by atoms with Crippen molar-refractivity contribution in [2.75, 3.05) is 39.4 Å². The van der Waals surface area contributed by atoms with Crippen LogP contribution in [0.1, 0.15) is 5.56 Å². The average Bonchev–Trinajstić information content (AvgIpc) is 2.51. The normalized spacial score (nSPS) is 15.9. The van der Waals surface area contributed by atoms with Crippen LogP contribution in [0, 0.1) is 0 Å². The van der Waals surface area contributed by atoms with Crippen molar-refractivity contribution in [1.82, 2.24) is 15.6 Å². The van der Waals surface area contributed by atoms with Gasteiger partial charge in [0.1, 0.15) is 0 Å². The molecule has 0 bridgehead atoms. The molecular weight excluding hydrogens is 343 g/mol. The van der Waals surface area contributed by atoms with Gasteiger partial charge in [0.05, 0.1) is 29.5 Å². The first-order valence-electron chi connectivity index (χ1n) is 6.98. The third-order valence-electron chi connectivity index (χ3n) is 3.18. The zero-order chi connectivity index (χ0) is 15.8. The first-order chi connectivity index (χ1) is 10.7. The molecule has 1 aliphatic heterocycles. The Morgan fingerprint density at radius 3 is 2.68 bits per heavy atom. The van der Waals surface area contributed by atoms with Crippen molar-refractivity contribution in [3.63, 3.8) is 0 Å². The van der Waals surface area contributed by atoms with Gasteiger partial charge in [-0.3, -0.25) is 10.3 Å². The monoisotopic (exact) mass is 360 g/mol. The predicted octanol–water partition coefficient (Wildman–Crippen LogP) is 2.12. The van der Waals surface area contributed by atoms with Crippen LogP contribution in [0.5, 0.6) is 0 Å². The first-order valence-corrected chi connectivity index (χ1v) is 8.14. The van der Waals surface area contributed by atoms with E-state index in [0.29, 0.717) is 20.7 Å². The molecule has 0 aliphatic carbocycles. The summed E-state index contributed by atoms with van der Waals surface area (Å²) >= 11 is 17.3. The Bertz CT molecular complexity index is 515. The zero-order valence-electron chi connectivity index (χ0n) is 12.0. The molecule has 2 N–H and O–H groups in total. The number of thiocarbonyl (C=S) groups is 1. The number of hydrogen-bond donors (Lipinski definition) is 2. The van der Waals surface area contributed by atoms with Gasteiger partial charge in [-0.1, -0.05) is 29.3 Å². The summed E-state index contributed by atoms with van der Waals surface area (Å²) in [4.78, 5) is 2.33. The molecule has 22 heavy (non-hydrogen) atoms. The molecule has 1 saturated heterocycles. The van der Waals surface area contributed by atoms with Crippen molar-refractivity contribution in [3.05, 3.63) is 33.8 Å². The quantitative estimate of drug-likeness (QED) is 0.478. The molecule has 1 aromatic rings. The van der Waals surface area contributed by atoms with Gasteiger partial charge in [0, 0.05) is 31.7 Å². The van der Waals surface area contributed by atoms with E-state index in [0.717, 1.165) is 39.4 Å². The smallest absolute Gasteiger partial charge is 0.187 e. The summed E-state index contributed by atoms with van der Waals surface area (Å²) in [5, 5.41) is 8.71. The first kappa shape index (κ1) is 17.4. The number of hydrazone groups is 1. The van der Waals surface area contributed by atoms with Crippen LogP contribution < -0.4 is 10.7 Å². The second kappa shape index (κ2) is 9.27. The van der Waals surface area contributed by atoms with E-state index < -0.39 is 0 Å². The van der Waals surface area contributed by atoms with Gasteiger partial charge in [0.15, 0.2) is 5.11 Å². The lowest BCUT2D eigenvalue weighted by Gasteiger charge is -2.26. The standard InChI is InChI=1S/C14H18Cl2N4OS/c15-12-2-1-3-13(16)11(12)10-18-19-14(22)17-4-5-20-6-8-21-9-7-20/h1-3,10H,4-9H2,(H2,17,19,22)/b18-10+. The van der Waals surface area contributed by atoms with Crippen molar-refractivity contribution < 1.29 is 4.74 Å². The summed E-state index contributed by atoms with van der Waals surface area (Å²) in [6.07, 6.45) is 1.56. The molecule has 0 amide bonds. The van der Waals surface area contributed by atoms with Gasteiger partial charge in [0.25, 0.3) is 0 Å². The number of halogens is 2. The molecule has 2 rings (SSSR count). The molecule has 120 valence electrons. The molecule has 1 fully saturated rings. The van der Waals surface area contributed by atoms with E-state index in [9.17, 15) is 0 Å². The number of benzene rings is 1. The van der Waals surface area contributed by atoms with Crippen LogP contribution in [0.25, 0.3) is 0 Å². The van der Waals surface area contributed by atoms with Gasteiger partial charge in [0.2, 0.25) is 0 Å². The van der Waals surface area contributed by atoms with E-state index in [4.69, 9.17) is 40.2 Å². The Balaban J connectivity index is 1.70. The highest BCUT2D eigenvalue weighted by molar-refractivity contribution is 7.80.